The van der Waals surface area contributed by atoms with E-state index in [1.54, 1.807) is 0 Å². The van der Waals surface area contributed by atoms with Gasteiger partial charge in [-0.05, 0) is 54.3 Å². The summed E-state index contributed by atoms with van der Waals surface area (Å²) in [5.41, 5.74) is 0.192. The molecular weight excluding hydrogens is 234 g/mol. The van der Waals surface area contributed by atoms with Crippen molar-refractivity contribution in [1.29, 1.82) is 0 Å². The SMILES string of the molecule is CCN(C(C)CN(C)C)C(CNC(C)(C)C)C(C)C. The number of likely N-dealkylation sites (N-methyl/N-ethyl adjacent to an activating group) is 2. The summed E-state index contributed by atoms with van der Waals surface area (Å²) < 4.78 is 0. The van der Waals surface area contributed by atoms with Crippen LogP contribution in [0.15, 0.2) is 0 Å². The second-order valence-electron chi connectivity index (χ2n) is 7.38. The van der Waals surface area contributed by atoms with Crippen molar-refractivity contribution < 1.29 is 0 Å². The van der Waals surface area contributed by atoms with Crippen molar-refractivity contribution in [3.8, 4) is 0 Å². The topological polar surface area (TPSA) is 18.5 Å². The molecule has 0 radical (unpaired) electrons. The van der Waals surface area contributed by atoms with E-state index in [2.05, 4.69) is 77.7 Å². The van der Waals surface area contributed by atoms with E-state index in [4.69, 9.17) is 0 Å². The molecule has 0 spiro atoms. The smallest absolute Gasteiger partial charge is 0.0247 e. The fraction of sp³-hybridized carbons (Fsp3) is 1.00. The maximum Gasteiger partial charge on any atom is 0.0247 e. The highest BCUT2D eigenvalue weighted by atomic mass is 15.2. The van der Waals surface area contributed by atoms with Crippen molar-refractivity contribution in [1.82, 2.24) is 15.1 Å². The van der Waals surface area contributed by atoms with Gasteiger partial charge in [-0.15, -0.1) is 0 Å². The Balaban J connectivity index is 4.71. The maximum atomic E-state index is 3.67. The summed E-state index contributed by atoms with van der Waals surface area (Å²) >= 11 is 0. The minimum atomic E-state index is 0.192. The Hall–Kier alpha value is -0.120. The molecule has 0 fully saturated rings. The van der Waals surface area contributed by atoms with Crippen molar-refractivity contribution in [2.24, 2.45) is 5.92 Å². The van der Waals surface area contributed by atoms with Gasteiger partial charge in [0, 0.05) is 30.7 Å². The molecule has 3 heteroatoms. The Morgan fingerprint density at radius 2 is 1.58 bits per heavy atom. The van der Waals surface area contributed by atoms with Gasteiger partial charge in [0.05, 0.1) is 0 Å². The number of hydrogen-bond donors (Lipinski definition) is 1. The molecule has 0 aliphatic carbocycles. The monoisotopic (exact) mass is 271 g/mol. The van der Waals surface area contributed by atoms with Gasteiger partial charge in [-0.2, -0.15) is 0 Å². The standard InChI is InChI=1S/C16H37N3/c1-10-19(14(4)12-18(8)9)15(13(2)3)11-17-16(5,6)7/h13-15,17H,10-12H2,1-9H3. The second-order valence-corrected chi connectivity index (χ2v) is 7.38. The Morgan fingerprint density at radius 3 is 1.89 bits per heavy atom. The molecule has 116 valence electrons. The second kappa shape index (κ2) is 8.23. The molecule has 0 aromatic rings. The molecule has 2 unspecified atom stereocenters. The summed E-state index contributed by atoms with van der Waals surface area (Å²) in [6.07, 6.45) is 0. The lowest BCUT2D eigenvalue weighted by atomic mass is 9.98. The average molecular weight is 271 g/mol. The molecule has 0 aromatic heterocycles. The van der Waals surface area contributed by atoms with Crippen molar-refractivity contribution in [2.75, 3.05) is 33.7 Å². The molecule has 0 heterocycles. The van der Waals surface area contributed by atoms with Crippen molar-refractivity contribution in [3.05, 3.63) is 0 Å². The summed E-state index contributed by atoms with van der Waals surface area (Å²) in [5.74, 6) is 0.666. The van der Waals surface area contributed by atoms with Gasteiger partial charge in [0.2, 0.25) is 0 Å². The number of nitrogens with one attached hydrogen (secondary N) is 1. The lowest BCUT2D eigenvalue weighted by molar-refractivity contribution is 0.0930. The lowest BCUT2D eigenvalue weighted by Crippen LogP contribution is -2.54. The van der Waals surface area contributed by atoms with E-state index >= 15 is 0 Å². The van der Waals surface area contributed by atoms with Crippen LogP contribution in [0.3, 0.4) is 0 Å². The first-order valence-electron chi connectivity index (χ1n) is 7.74. The highest BCUT2D eigenvalue weighted by Crippen LogP contribution is 2.15. The Labute approximate surface area is 121 Å². The van der Waals surface area contributed by atoms with E-state index in [-0.39, 0.29) is 5.54 Å². The van der Waals surface area contributed by atoms with Gasteiger partial charge < -0.3 is 10.2 Å². The van der Waals surface area contributed by atoms with E-state index < -0.39 is 0 Å². The molecule has 0 aromatic carbocycles. The van der Waals surface area contributed by atoms with Crippen LogP contribution >= 0.6 is 0 Å². The van der Waals surface area contributed by atoms with Crippen LogP contribution in [0.5, 0.6) is 0 Å². The van der Waals surface area contributed by atoms with Crippen molar-refractivity contribution in [3.63, 3.8) is 0 Å². The van der Waals surface area contributed by atoms with Crippen LogP contribution in [0.25, 0.3) is 0 Å². The summed E-state index contributed by atoms with van der Waals surface area (Å²) in [5, 5.41) is 3.67. The Morgan fingerprint density at radius 1 is 1.05 bits per heavy atom. The van der Waals surface area contributed by atoms with Crippen LogP contribution in [0.1, 0.15) is 48.5 Å². The summed E-state index contributed by atoms with van der Waals surface area (Å²) in [6, 6.07) is 1.19. The molecule has 0 rings (SSSR count). The van der Waals surface area contributed by atoms with Crippen molar-refractivity contribution in [2.45, 2.75) is 66.1 Å². The van der Waals surface area contributed by atoms with E-state index in [0.29, 0.717) is 18.0 Å². The van der Waals surface area contributed by atoms with E-state index in [0.717, 1.165) is 19.6 Å². The average Bonchev–Trinajstić information content (AvgIpc) is 2.20. The zero-order valence-electron chi connectivity index (χ0n) is 14.7. The molecule has 0 saturated carbocycles. The van der Waals surface area contributed by atoms with Gasteiger partial charge in [-0.25, -0.2) is 0 Å². The molecule has 0 saturated heterocycles. The van der Waals surface area contributed by atoms with Crippen LogP contribution in [0, 0.1) is 5.92 Å². The fourth-order valence-corrected chi connectivity index (χ4v) is 2.65. The predicted molar refractivity (Wildman–Crippen MR) is 86.8 cm³/mol. The van der Waals surface area contributed by atoms with Crippen molar-refractivity contribution >= 4 is 0 Å². The molecule has 0 bridgehead atoms. The van der Waals surface area contributed by atoms with Crippen LogP contribution in [-0.2, 0) is 0 Å². The molecule has 2 atom stereocenters. The summed E-state index contributed by atoms with van der Waals surface area (Å²) in [4.78, 5) is 4.92. The summed E-state index contributed by atoms with van der Waals surface area (Å²) in [6.45, 7) is 19.3. The minimum absolute atomic E-state index is 0.192. The molecular formula is C16H37N3. The third-order valence-electron chi connectivity index (χ3n) is 3.60. The summed E-state index contributed by atoms with van der Waals surface area (Å²) in [7, 11) is 4.31. The van der Waals surface area contributed by atoms with Crippen LogP contribution in [-0.4, -0.2) is 61.2 Å². The fourth-order valence-electron chi connectivity index (χ4n) is 2.65. The van der Waals surface area contributed by atoms with Gasteiger partial charge >= 0.3 is 0 Å². The Bertz CT molecular complexity index is 231. The molecule has 0 aliphatic rings. The van der Waals surface area contributed by atoms with Gasteiger partial charge in [0.25, 0.3) is 0 Å². The first kappa shape index (κ1) is 18.9. The number of nitrogens with zero attached hydrogens (tertiary/aromatic N) is 2. The highest BCUT2D eigenvalue weighted by Gasteiger charge is 2.26. The van der Waals surface area contributed by atoms with Gasteiger partial charge in [0.1, 0.15) is 0 Å². The van der Waals surface area contributed by atoms with Gasteiger partial charge in [-0.1, -0.05) is 20.8 Å². The molecule has 3 nitrogen and oxygen atoms in total. The number of hydrogen-bond acceptors (Lipinski definition) is 3. The zero-order chi connectivity index (χ0) is 15.2. The van der Waals surface area contributed by atoms with Gasteiger partial charge in [0.15, 0.2) is 0 Å². The zero-order valence-corrected chi connectivity index (χ0v) is 14.7. The van der Waals surface area contributed by atoms with Crippen LogP contribution < -0.4 is 5.32 Å². The van der Waals surface area contributed by atoms with E-state index in [9.17, 15) is 0 Å². The quantitative estimate of drug-likeness (QED) is 0.732. The van der Waals surface area contributed by atoms with Gasteiger partial charge in [-0.3, -0.25) is 4.90 Å². The van der Waals surface area contributed by atoms with E-state index in [1.807, 2.05) is 0 Å². The Kier molecular flexibility index (Phi) is 8.18. The third-order valence-corrected chi connectivity index (χ3v) is 3.60. The maximum absolute atomic E-state index is 3.67. The third kappa shape index (κ3) is 7.91. The first-order chi connectivity index (χ1) is 8.58. The molecule has 19 heavy (non-hydrogen) atoms. The first-order valence-corrected chi connectivity index (χ1v) is 7.74. The minimum Gasteiger partial charge on any atom is -0.311 e. The largest absolute Gasteiger partial charge is 0.311 e. The normalized spacial score (nSPS) is 16.4. The predicted octanol–water partition coefficient (Wildman–Crippen LogP) is 2.67. The highest BCUT2D eigenvalue weighted by molar-refractivity contribution is 4.84. The number of rotatable bonds is 8. The molecule has 0 amide bonds. The van der Waals surface area contributed by atoms with Crippen LogP contribution in [0.4, 0.5) is 0 Å². The van der Waals surface area contributed by atoms with E-state index in [1.165, 1.54) is 0 Å². The van der Waals surface area contributed by atoms with Crippen LogP contribution in [0.2, 0.25) is 0 Å². The molecule has 1 N–H and O–H groups in total. The molecule has 0 aliphatic heterocycles. The lowest BCUT2D eigenvalue weighted by Gasteiger charge is -2.40.